The van der Waals surface area contributed by atoms with E-state index in [-0.39, 0.29) is 0 Å². The molecule has 0 aromatic heterocycles. The number of hydrogen-bond donors (Lipinski definition) is 0. The maximum atomic E-state index is 4.76. The maximum Gasteiger partial charge on any atom is 0.0395 e. The van der Waals surface area contributed by atoms with Gasteiger partial charge in [0.25, 0.3) is 0 Å². The van der Waals surface area contributed by atoms with Crippen molar-refractivity contribution in [3.8, 4) is 0 Å². The third-order valence-corrected chi connectivity index (χ3v) is 4.60. The highest BCUT2D eigenvalue weighted by Gasteiger charge is 2.19. The van der Waals surface area contributed by atoms with Gasteiger partial charge in [-0.25, -0.2) is 0 Å². The summed E-state index contributed by atoms with van der Waals surface area (Å²) < 4.78 is 0. The van der Waals surface area contributed by atoms with Crippen LogP contribution in [0, 0.1) is 0 Å². The number of rotatable bonds is 5. The minimum Gasteiger partial charge on any atom is -0.289 e. The van der Waals surface area contributed by atoms with Gasteiger partial charge >= 0.3 is 0 Å². The zero-order chi connectivity index (χ0) is 15.4. The van der Waals surface area contributed by atoms with E-state index >= 15 is 0 Å². The van der Waals surface area contributed by atoms with Gasteiger partial charge in [-0.05, 0) is 62.8 Å². The van der Waals surface area contributed by atoms with Crippen LogP contribution in [0.3, 0.4) is 0 Å². The molecule has 2 rings (SSSR count). The average Bonchev–Trinajstić information content (AvgIpc) is 2.75. The molecule has 0 atom stereocenters. The van der Waals surface area contributed by atoms with Gasteiger partial charge in [0, 0.05) is 17.8 Å². The lowest BCUT2D eigenvalue weighted by Gasteiger charge is -2.12. The number of nitrogens with zero attached hydrogens (tertiary/aromatic N) is 1. The van der Waals surface area contributed by atoms with Gasteiger partial charge in [-0.1, -0.05) is 43.2 Å². The summed E-state index contributed by atoms with van der Waals surface area (Å²) in [4.78, 5) is 4.76. The second-order valence-corrected chi connectivity index (χ2v) is 6.05. The van der Waals surface area contributed by atoms with Crippen molar-refractivity contribution < 1.29 is 0 Å². The van der Waals surface area contributed by atoms with E-state index in [1.807, 2.05) is 0 Å². The lowest BCUT2D eigenvalue weighted by atomic mass is 9.93. The second-order valence-electron chi connectivity index (χ2n) is 6.05. The summed E-state index contributed by atoms with van der Waals surface area (Å²) in [5.74, 6) is 0. The molecule has 1 heteroatoms. The molecule has 0 aliphatic heterocycles. The molecular weight excluding hydrogens is 254 g/mol. The van der Waals surface area contributed by atoms with Crippen LogP contribution in [0.4, 0.5) is 0 Å². The van der Waals surface area contributed by atoms with Crippen molar-refractivity contribution in [3.05, 3.63) is 52.1 Å². The fraction of sp³-hybridized carbons (Fsp3) is 0.450. The summed E-state index contributed by atoms with van der Waals surface area (Å²) >= 11 is 0. The normalized spacial score (nSPS) is 16.1. The first kappa shape index (κ1) is 15.8. The Balaban J connectivity index is 2.38. The molecule has 1 aliphatic carbocycles. The van der Waals surface area contributed by atoms with Crippen LogP contribution in [0.25, 0.3) is 5.57 Å². The molecule has 0 saturated carbocycles. The fourth-order valence-electron chi connectivity index (χ4n) is 2.93. The molecule has 0 saturated heterocycles. The third kappa shape index (κ3) is 3.34. The van der Waals surface area contributed by atoms with Crippen molar-refractivity contribution in [1.29, 1.82) is 0 Å². The highest BCUT2D eigenvalue weighted by atomic mass is 14.7. The quantitative estimate of drug-likeness (QED) is 0.477. The molecule has 0 spiro atoms. The molecule has 0 bridgehead atoms. The van der Waals surface area contributed by atoms with E-state index in [0.717, 1.165) is 13.0 Å². The van der Waals surface area contributed by atoms with Crippen LogP contribution in [-0.2, 0) is 0 Å². The molecule has 21 heavy (non-hydrogen) atoms. The summed E-state index contributed by atoms with van der Waals surface area (Å²) in [6.45, 7) is 12.0. The first-order valence-corrected chi connectivity index (χ1v) is 8.03. The Hall–Kier alpha value is -1.63. The largest absolute Gasteiger partial charge is 0.289 e. The van der Waals surface area contributed by atoms with E-state index < -0.39 is 0 Å². The van der Waals surface area contributed by atoms with Crippen LogP contribution < -0.4 is 0 Å². The lowest BCUT2D eigenvalue weighted by molar-refractivity contribution is 0.808. The summed E-state index contributed by atoms with van der Waals surface area (Å²) in [6, 6.07) is 8.72. The van der Waals surface area contributed by atoms with Gasteiger partial charge in [0.1, 0.15) is 0 Å². The molecule has 0 N–H and O–H groups in total. The van der Waals surface area contributed by atoms with E-state index in [1.165, 1.54) is 52.0 Å². The Morgan fingerprint density at radius 1 is 1.10 bits per heavy atom. The number of allylic oxidation sites excluding steroid dienone is 4. The summed E-state index contributed by atoms with van der Waals surface area (Å²) in [5, 5.41) is 0. The Kier molecular flexibility index (Phi) is 5.17. The van der Waals surface area contributed by atoms with E-state index in [2.05, 4.69) is 58.9 Å². The van der Waals surface area contributed by atoms with Gasteiger partial charge in [0.05, 0.1) is 0 Å². The monoisotopic (exact) mass is 281 g/mol. The van der Waals surface area contributed by atoms with Gasteiger partial charge in [-0.15, -0.1) is 0 Å². The molecule has 0 fully saturated rings. The molecule has 0 heterocycles. The SMILES string of the molecule is CCCC/N=C(\C)c1ccccc1C1=C(C)C(C)=C(C)C1. The minimum absolute atomic E-state index is 0.936. The fourth-order valence-corrected chi connectivity index (χ4v) is 2.93. The van der Waals surface area contributed by atoms with Crippen molar-refractivity contribution in [3.63, 3.8) is 0 Å². The molecule has 0 amide bonds. The topological polar surface area (TPSA) is 12.4 Å². The third-order valence-electron chi connectivity index (χ3n) is 4.60. The molecule has 1 aromatic carbocycles. The number of hydrogen-bond acceptors (Lipinski definition) is 1. The standard InChI is InChI=1S/C20H27N/c1-6-7-12-21-17(5)18-10-8-9-11-19(18)20-13-14(2)15(3)16(20)4/h8-11H,6-7,12-13H2,1-5H3/b21-17+. The summed E-state index contributed by atoms with van der Waals surface area (Å²) in [6.07, 6.45) is 3.45. The molecule has 112 valence electrons. The molecule has 1 aromatic rings. The molecular formula is C20H27N. The van der Waals surface area contributed by atoms with Crippen molar-refractivity contribution in [2.24, 2.45) is 4.99 Å². The average molecular weight is 281 g/mol. The lowest BCUT2D eigenvalue weighted by Crippen LogP contribution is -2.02. The predicted molar refractivity (Wildman–Crippen MR) is 94.0 cm³/mol. The molecule has 0 radical (unpaired) electrons. The van der Waals surface area contributed by atoms with Crippen LogP contribution >= 0.6 is 0 Å². The van der Waals surface area contributed by atoms with Crippen LogP contribution in [0.5, 0.6) is 0 Å². The highest BCUT2D eigenvalue weighted by Crippen LogP contribution is 2.38. The molecule has 0 unspecified atom stereocenters. The van der Waals surface area contributed by atoms with Crippen LogP contribution in [0.2, 0.25) is 0 Å². The first-order valence-electron chi connectivity index (χ1n) is 8.03. The van der Waals surface area contributed by atoms with Crippen molar-refractivity contribution in [2.75, 3.05) is 6.54 Å². The van der Waals surface area contributed by atoms with Gasteiger partial charge in [0.15, 0.2) is 0 Å². The van der Waals surface area contributed by atoms with Gasteiger partial charge in [0.2, 0.25) is 0 Å². The Labute approximate surface area is 129 Å². The number of benzene rings is 1. The van der Waals surface area contributed by atoms with E-state index in [4.69, 9.17) is 4.99 Å². The maximum absolute atomic E-state index is 4.76. The van der Waals surface area contributed by atoms with Crippen LogP contribution in [0.1, 0.15) is 65.0 Å². The predicted octanol–water partition coefficient (Wildman–Crippen LogP) is 5.81. The van der Waals surface area contributed by atoms with Crippen LogP contribution in [-0.4, -0.2) is 12.3 Å². The van der Waals surface area contributed by atoms with Gasteiger partial charge in [-0.2, -0.15) is 0 Å². The summed E-state index contributed by atoms with van der Waals surface area (Å²) in [5.41, 5.74) is 9.71. The zero-order valence-corrected chi connectivity index (χ0v) is 14.1. The van der Waals surface area contributed by atoms with Gasteiger partial charge in [-0.3, -0.25) is 4.99 Å². The van der Waals surface area contributed by atoms with E-state index in [9.17, 15) is 0 Å². The zero-order valence-electron chi connectivity index (χ0n) is 14.1. The summed E-state index contributed by atoms with van der Waals surface area (Å²) in [7, 11) is 0. The Morgan fingerprint density at radius 3 is 2.43 bits per heavy atom. The van der Waals surface area contributed by atoms with E-state index in [1.54, 1.807) is 0 Å². The minimum atomic E-state index is 0.936. The molecule has 1 aliphatic rings. The first-order chi connectivity index (χ1) is 10.1. The van der Waals surface area contributed by atoms with Crippen molar-refractivity contribution in [2.45, 2.75) is 53.9 Å². The van der Waals surface area contributed by atoms with Crippen molar-refractivity contribution >= 4 is 11.3 Å². The molecule has 1 nitrogen and oxygen atoms in total. The van der Waals surface area contributed by atoms with Crippen LogP contribution in [0.15, 0.2) is 46.0 Å². The van der Waals surface area contributed by atoms with E-state index in [0.29, 0.717) is 0 Å². The number of unbranched alkanes of at least 4 members (excludes halogenated alkanes) is 1. The highest BCUT2D eigenvalue weighted by molar-refractivity contribution is 6.03. The smallest absolute Gasteiger partial charge is 0.0395 e. The second kappa shape index (κ2) is 6.89. The number of aliphatic imine (C=N–C) groups is 1. The van der Waals surface area contributed by atoms with Crippen molar-refractivity contribution in [1.82, 2.24) is 0 Å². The Bertz CT molecular complexity index is 614. The van der Waals surface area contributed by atoms with Gasteiger partial charge < -0.3 is 0 Å². The Morgan fingerprint density at radius 2 is 1.81 bits per heavy atom.